The summed E-state index contributed by atoms with van der Waals surface area (Å²) in [5.74, 6) is 6.23. The van der Waals surface area contributed by atoms with E-state index >= 15 is 0 Å². The van der Waals surface area contributed by atoms with Crippen LogP contribution in [0.2, 0.25) is 19.6 Å². The molecular formula is C24H32O3Si. The van der Waals surface area contributed by atoms with E-state index in [1.165, 1.54) is 0 Å². The van der Waals surface area contributed by atoms with Gasteiger partial charge >= 0.3 is 5.97 Å². The number of carbonyl (C=O) groups excluding carboxylic acids is 2. The molecule has 0 bridgehead atoms. The minimum Gasteiger partial charge on any atom is -0.462 e. The third-order valence-corrected chi connectivity index (χ3v) is 7.37. The lowest BCUT2D eigenvalue weighted by Gasteiger charge is -2.35. The lowest BCUT2D eigenvalue weighted by atomic mass is 9.68. The molecule has 2 rings (SSSR count). The fourth-order valence-electron chi connectivity index (χ4n) is 3.73. The number of esters is 1. The molecule has 1 fully saturated rings. The Morgan fingerprint density at radius 3 is 2.64 bits per heavy atom. The first-order valence-corrected chi connectivity index (χ1v) is 13.6. The highest BCUT2D eigenvalue weighted by molar-refractivity contribution is 6.89. The summed E-state index contributed by atoms with van der Waals surface area (Å²) >= 11 is 0. The van der Waals surface area contributed by atoms with Gasteiger partial charge in [-0.2, -0.15) is 0 Å². The Labute approximate surface area is 170 Å². The van der Waals surface area contributed by atoms with E-state index in [0.717, 1.165) is 23.6 Å². The zero-order chi connectivity index (χ0) is 20.9. The maximum Gasteiger partial charge on any atom is 0.337 e. The summed E-state index contributed by atoms with van der Waals surface area (Å²) in [5, 5.41) is 1.06. The first-order valence-electron chi connectivity index (χ1n) is 10.1. The number of hydrogen-bond donors (Lipinski definition) is 0. The van der Waals surface area contributed by atoms with Crippen molar-refractivity contribution in [2.45, 2.75) is 59.7 Å². The second-order valence-electron chi connectivity index (χ2n) is 9.15. The smallest absolute Gasteiger partial charge is 0.337 e. The molecule has 1 saturated carbocycles. The molecule has 1 atom stereocenters. The lowest BCUT2D eigenvalue weighted by Crippen LogP contribution is -2.41. The summed E-state index contributed by atoms with van der Waals surface area (Å²) < 4.78 is 5.20. The Morgan fingerprint density at radius 1 is 1.32 bits per heavy atom. The van der Waals surface area contributed by atoms with Gasteiger partial charge in [-0.1, -0.05) is 51.4 Å². The number of allylic oxidation sites excluding steroid dienone is 2. The largest absolute Gasteiger partial charge is 0.462 e. The average Bonchev–Trinajstić information content (AvgIpc) is 2.59. The number of ketones is 1. The van der Waals surface area contributed by atoms with Crippen molar-refractivity contribution in [2.75, 3.05) is 6.61 Å². The van der Waals surface area contributed by atoms with Crippen molar-refractivity contribution in [2.24, 2.45) is 11.3 Å². The van der Waals surface area contributed by atoms with Crippen molar-refractivity contribution in [3.8, 4) is 11.8 Å². The van der Waals surface area contributed by atoms with Crippen LogP contribution >= 0.6 is 0 Å². The van der Waals surface area contributed by atoms with Gasteiger partial charge in [0.2, 0.25) is 0 Å². The monoisotopic (exact) mass is 396 g/mol. The molecule has 4 heteroatoms. The first kappa shape index (κ1) is 22.2. The van der Waals surface area contributed by atoms with Gasteiger partial charge in [0.25, 0.3) is 0 Å². The number of Topliss-reactive ketones (excluding diaryl/α,β-unsaturated/α-hetero) is 1. The van der Waals surface area contributed by atoms with Crippen molar-refractivity contribution < 1.29 is 14.3 Å². The molecular weight excluding hydrogens is 364 g/mol. The van der Waals surface area contributed by atoms with E-state index < -0.39 is 8.07 Å². The molecule has 0 aromatic heterocycles. The second kappa shape index (κ2) is 8.92. The molecule has 1 aromatic carbocycles. The predicted octanol–water partition coefficient (Wildman–Crippen LogP) is 4.71. The number of ether oxygens (including phenoxy) is 1. The zero-order valence-electron chi connectivity index (χ0n) is 18.0. The standard InChI is InChI=1S/C24H32O3Si/c1-7-27-23(26)19-15-14-18(17-22(19)28(4,5)6)11-8-9-12-20-21(25)13-10-16-24(20,2)3/h9,12,14-15,17,20H,7,10,13,16H2,1-6H3. The van der Waals surface area contributed by atoms with Gasteiger partial charge < -0.3 is 4.74 Å². The maximum atomic E-state index is 12.3. The van der Waals surface area contributed by atoms with Crippen LogP contribution in [0.1, 0.15) is 56.0 Å². The summed E-state index contributed by atoms with van der Waals surface area (Å²) in [6.45, 7) is 13.1. The Kier molecular flexibility index (Phi) is 7.06. The number of carbonyl (C=O) groups is 2. The highest BCUT2D eigenvalue weighted by Crippen LogP contribution is 2.39. The van der Waals surface area contributed by atoms with E-state index in [1.54, 1.807) is 0 Å². The highest BCUT2D eigenvalue weighted by Gasteiger charge is 2.35. The first-order chi connectivity index (χ1) is 13.1. The molecule has 0 amide bonds. The molecule has 0 spiro atoms. The van der Waals surface area contributed by atoms with Crippen LogP contribution in [0.15, 0.2) is 30.4 Å². The fourth-order valence-corrected chi connectivity index (χ4v) is 5.31. The van der Waals surface area contributed by atoms with Crippen LogP contribution in [0.5, 0.6) is 0 Å². The minimum absolute atomic E-state index is 0.000193. The van der Waals surface area contributed by atoms with E-state index in [-0.39, 0.29) is 17.3 Å². The molecule has 1 aliphatic carbocycles. The molecule has 3 nitrogen and oxygen atoms in total. The van der Waals surface area contributed by atoms with E-state index in [9.17, 15) is 9.59 Å². The van der Waals surface area contributed by atoms with Gasteiger partial charge in [0.05, 0.1) is 20.2 Å². The van der Waals surface area contributed by atoms with Crippen molar-refractivity contribution in [3.63, 3.8) is 0 Å². The predicted molar refractivity (Wildman–Crippen MR) is 118 cm³/mol. The normalized spacial score (nSPS) is 19.2. The van der Waals surface area contributed by atoms with Gasteiger partial charge in [0, 0.05) is 17.9 Å². The second-order valence-corrected chi connectivity index (χ2v) is 14.2. The summed E-state index contributed by atoms with van der Waals surface area (Å²) in [6.07, 6.45) is 6.48. The topological polar surface area (TPSA) is 43.4 Å². The number of rotatable bonds is 4. The van der Waals surface area contributed by atoms with E-state index in [4.69, 9.17) is 4.74 Å². The molecule has 1 unspecified atom stereocenters. The Morgan fingerprint density at radius 2 is 2.04 bits per heavy atom. The van der Waals surface area contributed by atoms with Crippen molar-refractivity contribution in [3.05, 3.63) is 41.5 Å². The van der Waals surface area contributed by atoms with Crippen LogP contribution in [0, 0.1) is 23.2 Å². The van der Waals surface area contributed by atoms with E-state index in [0.29, 0.717) is 24.4 Å². The van der Waals surface area contributed by atoms with Crippen LogP contribution in [-0.2, 0) is 9.53 Å². The van der Waals surface area contributed by atoms with Gasteiger partial charge in [-0.25, -0.2) is 4.79 Å². The summed E-state index contributed by atoms with van der Waals surface area (Å²) in [6, 6.07) is 5.72. The molecule has 1 aliphatic rings. The molecule has 0 radical (unpaired) electrons. The van der Waals surface area contributed by atoms with Gasteiger partial charge in [-0.15, -0.1) is 0 Å². The molecule has 0 aliphatic heterocycles. The molecule has 28 heavy (non-hydrogen) atoms. The Hall–Kier alpha value is -2.12. The SMILES string of the molecule is CCOC(=O)c1ccc(C#CC=CC2C(=O)CCCC2(C)C)cc1[Si](C)(C)C. The van der Waals surface area contributed by atoms with Crippen molar-refractivity contribution in [1.29, 1.82) is 0 Å². The fraction of sp³-hybridized carbons (Fsp3) is 0.500. The summed E-state index contributed by atoms with van der Waals surface area (Å²) in [5.41, 5.74) is 1.53. The summed E-state index contributed by atoms with van der Waals surface area (Å²) in [4.78, 5) is 24.5. The third-order valence-electron chi connectivity index (χ3n) is 5.34. The van der Waals surface area contributed by atoms with Crippen LogP contribution in [0.25, 0.3) is 0 Å². The van der Waals surface area contributed by atoms with Gasteiger partial charge in [-0.05, 0) is 54.6 Å². The third kappa shape index (κ3) is 5.45. The van der Waals surface area contributed by atoms with E-state index in [2.05, 4.69) is 45.3 Å². The number of hydrogen-bond acceptors (Lipinski definition) is 3. The Balaban J connectivity index is 2.26. The zero-order valence-corrected chi connectivity index (χ0v) is 19.0. The molecule has 0 heterocycles. The lowest BCUT2D eigenvalue weighted by molar-refractivity contribution is -0.127. The van der Waals surface area contributed by atoms with Gasteiger partial charge in [0.15, 0.2) is 0 Å². The molecule has 150 valence electrons. The summed E-state index contributed by atoms with van der Waals surface area (Å²) in [7, 11) is -1.73. The van der Waals surface area contributed by atoms with Gasteiger partial charge in [0.1, 0.15) is 5.78 Å². The van der Waals surface area contributed by atoms with Crippen LogP contribution in [0.3, 0.4) is 0 Å². The van der Waals surface area contributed by atoms with Crippen molar-refractivity contribution >= 4 is 25.0 Å². The van der Waals surface area contributed by atoms with E-state index in [1.807, 2.05) is 37.3 Å². The number of benzene rings is 1. The Bertz CT molecular complexity index is 832. The quantitative estimate of drug-likeness (QED) is 0.420. The minimum atomic E-state index is -1.73. The average molecular weight is 397 g/mol. The molecule has 1 aromatic rings. The molecule has 0 saturated heterocycles. The van der Waals surface area contributed by atoms with Gasteiger partial charge in [-0.3, -0.25) is 4.79 Å². The van der Waals surface area contributed by atoms with Crippen LogP contribution < -0.4 is 5.19 Å². The van der Waals surface area contributed by atoms with Crippen LogP contribution in [-0.4, -0.2) is 26.4 Å². The maximum absolute atomic E-state index is 12.3. The highest BCUT2D eigenvalue weighted by atomic mass is 28.3. The molecule has 0 N–H and O–H groups in total. The van der Waals surface area contributed by atoms with Crippen LogP contribution in [0.4, 0.5) is 0 Å². The van der Waals surface area contributed by atoms with Crippen molar-refractivity contribution in [1.82, 2.24) is 0 Å².